The fourth-order valence-electron chi connectivity index (χ4n) is 5.00. The number of methoxy groups -OCH3 is 1. The van der Waals surface area contributed by atoms with Crippen molar-refractivity contribution in [3.05, 3.63) is 46.5 Å². The SMILES string of the molecule is CO[C@@H]1COCC[C@@H]1n1cccc(Nc2cc(N(C)C(=O)OC(C)(C)C)n3ncc(C(=O)NC4CCC4(F)F)c3n2)c1=O. The number of aromatic nitrogens is 4. The van der Waals surface area contributed by atoms with Crippen LogP contribution in [0.25, 0.3) is 5.65 Å². The van der Waals surface area contributed by atoms with Crippen LogP contribution in [0.15, 0.2) is 35.4 Å². The summed E-state index contributed by atoms with van der Waals surface area (Å²) in [5.41, 5.74) is -1.08. The number of amides is 2. The van der Waals surface area contributed by atoms with E-state index >= 15 is 0 Å². The van der Waals surface area contributed by atoms with Gasteiger partial charge >= 0.3 is 6.09 Å². The first-order chi connectivity index (χ1) is 20.3. The number of ether oxygens (including phenoxy) is 3. The van der Waals surface area contributed by atoms with E-state index in [1.54, 1.807) is 50.8 Å². The van der Waals surface area contributed by atoms with E-state index in [9.17, 15) is 23.2 Å². The average Bonchev–Trinajstić information content (AvgIpc) is 3.39. The Labute approximate surface area is 246 Å². The molecule has 2 amide bonds. The van der Waals surface area contributed by atoms with E-state index in [0.29, 0.717) is 19.6 Å². The maximum absolute atomic E-state index is 13.9. The van der Waals surface area contributed by atoms with Crippen molar-refractivity contribution < 1.29 is 32.6 Å². The monoisotopic (exact) mass is 603 g/mol. The Hall–Kier alpha value is -4.11. The van der Waals surface area contributed by atoms with Gasteiger partial charge in [0.2, 0.25) is 0 Å². The molecule has 4 heterocycles. The number of rotatable bonds is 7. The smallest absolute Gasteiger partial charge is 0.415 e. The summed E-state index contributed by atoms with van der Waals surface area (Å²) in [6.07, 6.45) is 2.24. The van der Waals surface area contributed by atoms with Gasteiger partial charge in [0.05, 0.1) is 24.9 Å². The van der Waals surface area contributed by atoms with E-state index in [1.807, 2.05) is 0 Å². The van der Waals surface area contributed by atoms with Gasteiger partial charge in [0.15, 0.2) is 5.65 Å². The summed E-state index contributed by atoms with van der Waals surface area (Å²) < 4.78 is 47.1. The second-order valence-corrected chi connectivity index (χ2v) is 11.6. The number of carbonyl (C=O) groups is 2. The van der Waals surface area contributed by atoms with E-state index in [-0.39, 0.29) is 59.1 Å². The summed E-state index contributed by atoms with van der Waals surface area (Å²) in [6, 6.07) is 3.19. The molecule has 0 bridgehead atoms. The summed E-state index contributed by atoms with van der Waals surface area (Å²) in [6.45, 7) is 5.98. The van der Waals surface area contributed by atoms with Crippen LogP contribution in [0.3, 0.4) is 0 Å². The minimum Gasteiger partial charge on any atom is -0.443 e. The zero-order valence-electron chi connectivity index (χ0n) is 24.6. The molecule has 232 valence electrons. The highest BCUT2D eigenvalue weighted by Crippen LogP contribution is 2.37. The highest BCUT2D eigenvalue weighted by Gasteiger charge is 2.49. The predicted octanol–water partition coefficient (Wildman–Crippen LogP) is 3.51. The molecule has 1 saturated heterocycles. The van der Waals surface area contributed by atoms with Crippen LogP contribution >= 0.6 is 0 Å². The van der Waals surface area contributed by atoms with E-state index in [0.717, 1.165) is 0 Å². The van der Waals surface area contributed by atoms with Gasteiger partial charge in [-0.15, -0.1) is 0 Å². The maximum Gasteiger partial charge on any atom is 0.415 e. The van der Waals surface area contributed by atoms with Gasteiger partial charge in [0.25, 0.3) is 17.4 Å². The molecule has 13 nitrogen and oxygen atoms in total. The largest absolute Gasteiger partial charge is 0.443 e. The van der Waals surface area contributed by atoms with Gasteiger partial charge in [-0.05, 0) is 45.7 Å². The number of anilines is 3. The Morgan fingerprint density at radius 3 is 2.67 bits per heavy atom. The third-order valence-corrected chi connectivity index (χ3v) is 7.46. The number of pyridine rings is 1. The van der Waals surface area contributed by atoms with E-state index in [4.69, 9.17) is 14.2 Å². The number of carbonyl (C=O) groups excluding carboxylic acids is 2. The normalized spacial score (nSPS) is 21.6. The number of halogens is 2. The molecule has 2 N–H and O–H groups in total. The molecule has 0 radical (unpaired) electrons. The van der Waals surface area contributed by atoms with Crippen LogP contribution < -0.4 is 21.1 Å². The number of fused-ring (bicyclic) bond motifs is 1. The lowest BCUT2D eigenvalue weighted by atomic mass is 9.88. The molecule has 3 aromatic rings. The van der Waals surface area contributed by atoms with Crippen LogP contribution in [0.4, 0.5) is 30.9 Å². The van der Waals surface area contributed by atoms with Crippen LogP contribution in [0.5, 0.6) is 0 Å². The summed E-state index contributed by atoms with van der Waals surface area (Å²) in [5, 5.41) is 9.58. The Morgan fingerprint density at radius 1 is 1.26 bits per heavy atom. The fourth-order valence-corrected chi connectivity index (χ4v) is 5.00. The standard InChI is InChI=1S/C28H35F2N7O6/c1-27(2,3)43-26(40)35(4)22-13-21(32-17-7-6-11-36(25(17)39)18-9-12-42-15-19(18)41-5)34-23-16(14-31-37(22)23)24(38)33-20-8-10-28(20,29)30/h6-7,11,13-14,18-20H,8-10,12,15H2,1-5H3,(H,32,34)(H,33,38)/t18-,19+,20?/m0/s1. The lowest BCUT2D eigenvalue weighted by Gasteiger charge is -2.36. The Balaban J connectivity index is 1.54. The van der Waals surface area contributed by atoms with Gasteiger partial charge in [-0.25, -0.2) is 18.6 Å². The predicted molar refractivity (Wildman–Crippen MR) is 152 cm³/mol. The molecule has 2 aliphatic rings. The number of nitrogens with zero attached hydrogens (tertiary/aromatic N) is 5. The summed E-state index contributed by atoms with van der Waals surface area (Å²) >= 11 is 0. The minimum atomic E-state index is -3.00. The quantitative estimate of drug-likeness (QED) is 0.415. The van der Waals surface area contributed by atoms with Gasteiger partial charge in [-0.1, -0.05) is 0 Å². The van der Waals surface area contributed by atoms with Crippen LogP contribution in [0.1, 0.15) is 56.4 Å². The molecular weight excluding hydrogens is 568 g/mol. The molecule has 1 aliphatic carbocycles. The van der Waals surface area contributed by atoms with Crippen molar-refractivity contribution in [2.75, 3.05) is 37.6 Å². The highest BCUT2D eigenvalue weighted by atomic mass is 19.3. The van der Waals surface area contributed by atoms with Crippen molar-refractivity contribution >= 4 is 35.0 Å². The highest BCUT2D eigenvalue weighted by molar-refractivity contribution is 6.00. The molecule has 3 aromatic heterocycles. The van der Waals surface area contributed by atoms with Gasteiger partial charge < -0.3 is 29.4 Å². The van der Waals surface area contributed by atoms with Crippen LogP contribution in [-0.2, 0) is 14.2 Å². The first-order valence-corrected chi connectivity index (χ1v) is 13.9. The minimum absolute atomic E-state index is 0.0179. The first-order valence-electron chi connectivity index (χ1n) is 13.9. The Kier molecular flexibility index (Phi) is 8.13. The second kappa shape index (κ2) is 11.5. The lowest BCUT2D eigenvalue weighted by Crippen LogP contribution is -2.55. The van der Waals surface area contributed by atoms with E-state index < -0.39 is 29.6 Å². The topological polar surface area (TPSA) is 141 Å². The molecule has 3 atom stereocenters. The number of nitrogens with one attached hydrogen (secondary N) is 2. The molecule has 0 spiro atoms. The van der Waals surface area contributed by atoms with Gasteiger partial charge in [-0.3, -0.25) is 14.5 Å². The zero-order valence-corrected chi connectivity index (χ0v) is 24.6. The molecule has 15 heteroatoms. The molecule has 43 heavy (non-hydrogen) atoms. The zero-order chi connectivity index (χ0) is 31.1. The third-order valence-electron chi connectivity index (χ3n) is 7.46. The van der Waals surface area contributed by atoms with Crippen molar-refractivity contribution in [1.29, 1.82) is 0 Å². The summed E-state index contributed by atoms with van der Waals surface area (Å²) in [5.74, 6) is -3.54. The number of hydrogen-bond donors (Lipinski definition) is 2. The van der Waals surface area contributed by atoms with Crippen molar-refractivity contribution in [1.82, 2.24) is 24.5 Å². The first kappa shape index (κ1) is 30.4. The van der Waals surface area contributed by atoms with Gasteiger partial charge in [0.1, 0.15) is 34.6 Å². The maximum atomic E-state index is 13.9. The summed E-state index contributed by atoms with van der Waals surface area (Å²) in [7, 11) is 3.02. The van der Waals surface area contributed by atoms with E-state index in [2.05, 4.69) is 20.7 Å². The molecule has 1 aliphatic heterocycles. The number of alkyl halides is 2. The average molecular weight is 604 g/mol. The van der Waals surface area contributed by atoms with Crippen molar-refractivity contribution in [2.45, 2.75) is 69.7 Å². The van der Waals surface area contributed by atoms with Crippen molar-refractivity contribution in [2.24, 2.45) is 0 Å². The molecule has 1 unspecified atom stereocenters. The van der Waals surface area contributed by atoms with E-state index in [1.165, 1.54) is 28.7 Å². The van der Waals surface area contributed by atoms with Crippen LogP contribution in [0, 0.1) is 0 Å². The molecular formula is C28H35F2N7O6. The Morgan fingerprint density at radius 2 is 2.02 bits per heavy atom. The van der Waals surface area contributed by atoms with Gasteiger partial charge in [-0.2, -0.15) is 9.61 Å². The molecule has 0 aromatic carbocycles. The fraction of sp³-hybridized carbons (Fsp3) is 0.536. The molecule has 2 fully saturated rings. The molecule has 1 saturated carbocycles. The van der Waals surface area contributed by atoms with Crippen LogP contribution in [0.2, 0.25) is 0 Å². The Bertz CT molecular complexity index is 1580. The number of hydrogen-bond acceptors (Lipinski definition) is 9. The summed E-state index contributed by atoms with van der Waals surface area (Å²) in [4.78, 5) is 45.3. The molecule has 5 rings (SSSR count). The lowest BCUT2D eigenvalue weighted by molar-refractivity contribution is -0.102. The second-order valence-electron chi connectivity index (χ2n) is 11.6. The van der Waals surface area contributed by atoms with Crippen LogP contribution in [-0.4, -0.2) is 82.2 Å². The van der Waals surface area contributed by atoms with Crippen molar-refractivity contribution in [3.63, 3.8) is 0 Å². The third kappa shape index (κ3) is 6.18. The van der Waals surface area contributed by atoms with Gasteiger partial charge in [0, 0.05) is 39.4 Å². The van der Waals surface area contributed by atoms with Crippen molar-refractivity contribution in [3.8, 4) is 0 Å².